The van der Waals surface area contributed by atoms with Crippen LogP contribution in [0.2, 0.25) is 0 Å². The summed E-state index contributed by atoms with van der Waals surface area (Å²) in [7, 11) is 2.19. The van der Waals surface area contributed by atoms with Crippen LogP contribution in [0.25, 0.3) is 0 Å². The Labute approximate surface area is 177 Å². The number of aromatic nitrogens is 2. The van der Waals surface area contributed by atoms with Gasteiger partial charge in [-0.15, -0.1) is 0 Å². The Kier molecular flexibility index (Phi) is 5.65. The molecule has 2 aliphatic heterocycles. The number of halogens is 1. The van der Waals surface area contributed by atoms with Crippen molar-refractivity contribution in [3.8, 4) is 0 Å². The highest BCUT2D eigenvalue weighted by Crippen LogP contribution is 2.31. The number of piperazine rings is 1. The lowest BCUT2D eigenvalue weighted by atomic mass is 10.1. The highest BCUT2D eigenvalue weighted by atomic mass is 32.2. The molecular weight excluding hydrogens is 407 g/mol. The summed E-state index contributed by atoms with van der Waals surface area (Å²) in [6.07, 6.45) is 0.514. The van der Waals surface area contributed by atoms with Crippen LogP contribution in [-0.4, -0.2) is 81.5 Å². The van der Waals surface area contributed by atoms with Gasteiger partial charge >= 0.3 is 0 Å². The van der Waals surface area contributed by atoms with Gasteiger partial charge in [-0.05, 0) is 31.3 Å². The third kappa shape index (κ3) is 3.99. The fraction of sp³-hybridized carbons (Fsp3) is 0.500. The van der Waals surface area contributed by atoms with Crippen molar-refractivity contribution in [3.05, 3.63) is 41.3 Å². The van der Waals surface area contributed by atoms with Gasteiger partial charge in [0.25, 0.3) is 0 Å². The lowest BCUT2D eigenvalue weighted by molar-refractivity contribution is 0.310. The summed E-state index contributed by atoms with van der Waals surface area (Å²) in [5, 5.41) is 0. The van der Waals surface area contributed by atoms with Crippen LogP contribution in [-0.2, 0) is 23.0 Å². The van der Waals surface area contributed by atoms with E-state index in [-0.39, 0.29) is 11.4 Å². The van der Waals surface area contributed by atoms with Gasteiger partial charge < -0.3 is 14.7 Å². The van der Waals surface area contributed by atoms with Crippen molar-refractivity contribution in [1.82, 2.24) is 19.2 Å². The predicted octanol–water partition coefficient (Wildman–Crippen LogP) is 1.18. The zero-order chi connectivity index (χ0) is 21.5. The number of anilines is 2. The van der Waals surface area contributed by atoms with Gasteiger partial charge in [0.1, 0.15) is 11.6 Å². The van der Waals surface area contributed by atoms with Gasteiger partial charge in [0.05, 0.1) is 10.6 Å². The summed E-state index contributed by atoms with van der Waals surface area (Å²) in [5.41, 5.74) is 1.72. The van der Waals surface area contributed by atoms with Crippen molar-refractivity contribution in [1.29, 1.82) is 0 Å². The molecule has 1 aromatic heterocycles. The van der Waals surface area contributed by atoms with Crippen LogP contribution in [0.5, 0.6) is 0 Å². The number of sulfonamides is 1. The van der Waals surface area contributed by atoms with Gasteiger partial charge in [0.2, 0.25) is 16.0 Å². The van der Waals surface area contributed by atoms with Crippen LogP contribution in [0, 0.1) is 5.82 Å². The minimum Gasteiger partial charge on any atom is -0.362 e. The highest BCUT2D eigenvalue weighted by molar-refractivity contribution is 7.89. The Morgan fingerprint density at radius 3 is 2.30 bits per heavy atom. The van der Waals surface area contributed by atoms with Crippen molar-refractivity contribution in [3.63, 3.8) is 0 Å². The molecule has 10 heteroatoms. The number of rotatable bonds is 4. The average Bonchev–Trinajstić information content (AvgIpc) is 2.73. The topological polar surface area (TPSA) is 72.9 Å². The molecule has 0 atom stereocenters. The fourth-order valence-electron chi connectivity index (χ4n) is 3.84. The lowest BCUT2D eigenvalue weighted by Crippen LogP contribution is -2.45. The molecule has 0 N–H and O–H groups in total. The molecular formula is C20H27FN6O2S. The Morgan fingerprint density at radius 2 is 1.67 bits per heavy atom. The number of hydrogen-bond donors (Lipinski definition) is 0. The van der Waals surface area contributed by atoms with E-state index < -0.39 is 15.8 Å². The molecule has 0 bridgehead atoms. The van der Waals surface area contributed by atoms with E-state index in [0.29, 0.717) is 18.9 Å². The minimum absolute atomic E-state index is 0.0914. The Hall–Kier alpha value is -2.30. The minimum atomic E-state index is -3.72. The quantitative estimate of drug-likeness (QED) is 0.716. The lowest BCUT2D eigenvalue weighted by Gasteiger charge is -2.35. The van der Waals surface area contributed by atoms with Crippen molar-refractivity contribution >= 4 is 21.8 Å². The molecule has 0 spiro atoms. The van der Waals surface area contributed by atoms with E-state index in [1.807, 2.05) is 19.0 Å². The number of fused-ring (bicyclic) bond motifs is 1. The SMILES string of the molecule is CN1CCN(c2nc3c(c(N(C)C)n2)CN(S(=O)(=O)c2ccc(F)cc2)CC3)CC1. The van der Waals surface area contributed by atoms with Crippen molar-refractivity contribution in [2.45, 2.75) is 17.9 Å². The van der Waals surface area contributed by atoms with E-state index in [0.717, 1.165) is 43.3 Å². The van der Waals surface area contributed by atoms with E-state index >= 15 is 0 Å². The monoisotopic (exact) mass is 434 g/mol. The Balaban J connectivity index is 1.65. The van der Waals surface area contributed by atoms with Crippen LogP contribution in [0.4, 0.5) is 16.2 Å². The first-order valence-corrected chi connectivity index (χ1v) is 11.5. The summed E-state index contributed by atoms with van der Waals surface area (Å²) in [4.78, 5) is 16.1. The smallest absolute Gasteiger partial charge is 0.243 e. The molecule has 4 rings (SSSR count). The molecule has 1 saturated heterocycles. The summed E-state index contributed by atoms with van der Waals surface area (Å²) in [5.74, 6) is 0.992. The summed E-state index contributed by atoms with van der Waals surface area (Å²) >= 11 is 0. The predicted molar refractivity (Wildman–Crippen MR) is 114 cm³/mol. The maximum atomic E-state index is 13.2. The van der Waals surface area contributed by atoms with Gasteiger partial charge in [0.15, 0.2) is 0 Å². The maximum absolute atomic E-state index is 13.2. The van der Waals surface area contributed by atoms with Crippen LogP contribution in [0.1, 0.15) is 11.3 Å². The second-order valence-electron chi connectivity index (χ2n) is 8.00. The summed E-state index contributed by atoms with van der Waals surface area (Å²) in [6, 6.07) is 4.95. The van der Waals surface area contributed by atoms with Crippen molar-refractivity contribution in [2.24, 2.45) is 0 Å². The molecule has 30 heavy (non-hydrogen) atoms. The molecule has 162 valence electrons. The van der Waals surface area contributed by atoms with Crippen LogP contribution < -0.4 is 9.80 Å². The summed E-state index contributed by atoms with van der Waals surface area (Å²) in [6.45, 7) is 4.19. The molecule has 0 aliphatic carbocycles. The molecule has 0 amide bonds. The van der Waals surface area contributed by atoms with Crippen molar-refractivity contribution < 1.29 is 12.8 Å². The maximum Gasteiger partial charge on any atom is 0.243 e. The van der Waals surface area contributed by atoms with E-state index in [9.17, 15) is 12.8 Å². The first-order chi connectivity index (χ1) is 14.3. The Bertz CT molecular complexity index is 1020. The standard InChI is InChI=1S/C20H27FN6O2S/c1-24(2)19-17-14-27(30(28,29)16-6-4-15(21)5-7-16)9-8-18(17)22-20(23-19)26-12-10-25(3)11-13-26/h4-7H,8-14H2,1-3H3. The first kappa shape index (κ1) is 21.0. The highest BCUT2D eigenvalue weighted by Gasteiger charge is 2.32. The number of benzene rings is 1. The average molecular weight is 435 g/mol. The first-order valence-electron chi connectivity index (χ1n) is 10.0. The normalized spacial score (nSPS) is 18.3. The molecule has 0 unspecified atom stereocenters. The molecule has 8 nitrogen and oxygen atoms in total. The van der Waals surface area contributed by atoms with Crippen LogP contribution >= 0.6 is 0 Å². The molecule has 1 fully saturated rings. The van der Waals surface area contributed by atoms with E-state index in [2.05, 4.69) is 16.8 Å². The van der Waals surface area contributed by atoms with Gasteiger partial charge in [-0.3, -0.25) is 0 Å². The van der Waals surface area contributed by atoms with Crippen LogP contribution in [0.3, 0.4) is 0 Å². The second kappa shape index (κ2) is 8.09. The Morgan fingerprint density at radius 1 is 1.00 bits per heavy atom. The summed E-state index contributed by atoms with van der Waals surface area (Å²) < 4.78 is 40.8. The molecule has 0 saturated carbocycles. The zero-order valence-electron chi connectivity index (χ0n) is 17.5. The molecule has 3 heterocycles. The third-order valence-electron chi connectivity index (χ3n) is 5.65. The van der Waals surface area contributed by atoms with E-state index in [1.165, 1.54) is 28.6 Å². The molecule has 1 aromatic carbocycles. The second-order valence-corrected chi connectivity index (χ2v) is 9.94. The van der Waals surface area contributed by atoms with Gasteiger partial charge in [0, 0.05) is 65.3 Å². The molecule has 2 aromatic rings. The van der Waals surface area contributed by atoms with E-state index in [1.54, 1.807) is 0 Å². The van der Waals surface area contributed by atoms with Gasteiger partial charge in [-0.1, -0.05) is 0 Å². The van der Waals surface area contributed by atoms with Crippen molar-refractivity contribution in [2.75, 3.05) is 63.7 Å². The number of nitrogens with zero attached hydrogens (tertiary/aromatic N) is 6. The third-order valence-corrected chi connectivity index (χ3v) is 7.51. The van der Waals surface area contributed by atoms with Gasteiger partial charge in [-0.25, -0.2) is 17.8 Å². The van der Waals surface area contributed by atoms with Gasteiger partial charge in [-0.2, -0.15) is 9.29 Å². The number of hydrogen-bond acceptors (Lipinski definition) is 7. The zero-order valence-corrected chi connectivity index (χ0v) is 18.4. The fourth-order valence-corrected chi connectivity index (χ4v) is 5.25. The largest absolute Gasteiger partial charge is 0.362 e. The van der Waals surface area contributed by atoms with Crippen LogP contribution in [0.15, 0.2) is 29.2 Å². The molecule has 0 radical (unpaired) electrons. The molecule has 2 aliphatic rings. The number of likely N-dealkylation sites (N-methyl/N-ethyl adjacent to an activating group) is 1. The van der Waals surface area contributed by atoms with E-state index in [4.69, 9.17) is 9.97 Å².